The summed E-state index contributed by atoms with van der Waals surface area (Å²) in [5.74, 6) is -1.66. The Kier molecular flexibility index (Phi) is 16.5. The van der Waals surface area contributed by atoms with Crippen molar-refractivity contribution in [2.75, 3.05) is 6.61 Å². The maximum absolute atomic E-state index is 13.6. The van der Waals surface area contributed by atoms with Crippen LogP contribution in [-0.4, -0.2) is 59.6 Å². The average Bonchev–Trinajstić information content (AvgIpc) is 3.16. The van der Waals surface area contributed by atoms with Gasteiger partial charge in [-0.3, -0.25) is 9.59 Å². The number of carbonyl (C=O) groups excluding carboxylic acids is 2. The Morgan fingerprint density at radius 1 is 0.864 bits per heavy atom. The molecule has 3 amide bonds. The second-order valence-corrected chi connectivity index (χ2v) is 15.0. The molecular formula is C35H65N3O6. The second kappa shape index (κ2) is 18.9. The summed E-state index contributed by atoms with van der Waals surface area (Å²) in [6.45, 7) is 14.5. The number of amides is 3. The first-order valence-electron chi connectivity index (χ1n) is 17.6. The molecule has 1 aliphatic carbocycles. The third-order valence-corrected chi connectivity index (χ3v) is 9.34. The third-order valence-electron chi connectivity index (χ3n) is 9.34. The molecule has 5 atom stereocenters. The Bertz CT molecular complexity index is 877. The molecule has 0 spiro atoms. The fourth-order valence-corrected chi connectivity index (χ4v) is 6.70. The van der Waals surface area contributed by atoms with E-state index in [9.17, 15) is 19.5 Å². The minimum Gasteiger partial charge on any atom is -0.481 e. The maximum Gasteiger partial charge on any atom is 0.315 e. The van der Waals surface area contributed by atoms with Crippen LogP contribution in [0.25, 0.3) is 0 Å². The zero-order valence-corrected chi connectivity index (χ0v) is 29.0. The van der Waals surface area contributed by atoms with Gasteiger partial charge in [-0.15, -0.1) is 0 Å². The summed E-state index contributed by atoms with van der Waals surface area (Å²) < 4.78 is 11.8. The van der Waals surface area contributed by atoms with E-state index < -0.39 is 29.3 Å². The molecule has 1 saturated carbocycles. The highest BCUT2D eigenvalue weighted by atomic mass is 16.7. The minimum absolute atomic E-state index is 0.127. The van der Waals surface area contributed by atoms with Crippen molar-refractivity contribution < 1.29 is 29.0 Å². The van der Waals surface area contributed by atoms with Crippen LogP contribution in [0.5, 0.6) is 0 Å². The Hall–Kier alpha value is -1.87. The van der Waals surface area contributed by atoms with E-state index in [1.54, 1.807) is 13.8 Å². The van der Waals surface area contributed by atoms with Crippen LogP contribution in [-0.2, 0) is 19.1 Å². The Morgan fingerprint density at radius 2 is 1.50 bits per heavy atom. The molecule has 0 bridgehead atoms. The summed E-state index contributed by atoms with van der Waals surface area (Å²) in [5.41, 5.74) is -0.574. The van der Waals surface area contributed by atoms with Crippen molar-refractivity contribution in [3.8, 4) is 0 Å². The van der Waals surface area contributed by atoms with Crippen molar-refractivity contribution in [2.24, 2.45) is 17.3 Å². The molecular weight excluding hydrogens is 558 g/mol. The number of hydrogen-bond acceptors (Lipinski definition) is 5. The lowest BCUT2D eigenvalue weighted by Gasteiger charge is -2.45. The number of aliphatic carboxylic acids is 1. The highest BCUT2D eigenvalue weighted by molar-refractivity contribution is 5.83. The van der Waals surface area contributed by atoms with Crippen molar-refractivity contribution in [1.82, 2.24) is 16.0 Å². The van der Waals surface area contributed by atoms with Gasteiger partial charge in [-0.2, -0.15) is 0 Å². The lowest BCUT2D eigenvalue weighted by molar-refractivity contribution is -0.304. The van der Waals surface area contributed by atoms with Gasteiger partial charge in [0.05, 0.1) is 13.0 Å². The molecule has 9 nitrogen and oxygen atoms in total. The predicted molar refractivity (Wildman–Crippen MR) is 175 cm³/mol. The predicted octanol–water partition coefficient (Wildman–Crippen LogP) is 7.32. The summed E-state index contributed by atoms with van der Waals surface area (Å²) in [7, 11) is 0. The highest BCUT2D eigenvalue weighted by Crippen LogP contribution is 2.36. The van der Waals surface area contributed by atoms with E-state index in [2.05, 4.69) is 36.7 Å². The molecule has 1 heterocycles. The lowest BCUT2D eigenvalue weighted by Crippen LogP contribution is -2.60. The first-order valence-corrected chi connectivity index (χ1v) is 17.6. The molecule has 4 N–H and O–H groups in total. The number of carboxylic acids is 1. The number of hydrogen-bond donors (Lipinski definition) is 4. The quantitative estimate of drug-likeness (QED) is 0.0937. The van der Waals surface area contributed by atoms with Gasteiger partial charge < -0.3 is 30.5 Å². The van der Waals surface area contributed by atoms with Gasteiger partial charge >= 0.3 is 12.0 Å². The summed E-state index contributed by atoms with van der Waals surface area (Å²) >= 11 is 0. The minimum atomic E-state index is -0.973. The lowest BCUT2D eigenvalue weighted by atomic mass is 9.83. The summed E-state index contributed by atoms with van der Waals surface area (Å²) in [6, 6.07) is -0.907. The smallest absolute Gasteiger partial charge is 0.315 e. The van der Waals surface area contributed by atoms with Gasteiger partial charge in [-0.05, 0) is 45.4 Å². The number of urea groups is 1. The summed E-state index contributed by atoms with van der Waals surface area (Å²) in [5, 5.41) is 19.4. The van der Waals surface area contributed by atoms with E-state index in [0.29, 0.717) is 6.61 Å². The molecule has 0 aromatic carbocycles. The first-order chi connectivity index (χ1) is 20.7. The average molecular weight is 624 g/mol. The number of unbranched alkanes of at least 4 members (excludes halogenated alkanes) is 5. The van der Waals surface area contributed by atoms with Crippen LogP contribution in [0.2, 0.25) is 0 Å². The van der Waals surface area contributed by atoms with Gasteiger partial charge in [0.25, 0.3) is 0 Å². The molecule has 9 heteroatoms. The van der Waals surface area contributed by atoms with Gasteiger partial charge in [0, 0.05) is 29.5 Å². The first kappa shape index (κ1) is 38.3. The molecule has 0 aromatic heterocycles. The van der Waals surface area contributed by atoms with Crippen molar-refractivity contribution in [1.29, 1.82) is 0 Å². The van der Waals surface area contributed by atoms with Gasteiger partial charge in [0.2, 0.25) is 5.91 Å². The Balaban J connectivity index is 2.10. The van der Waals surface area contributed by atoms with Crippen LogP contribution < -0.4 is 16.0 Å². The monoisotopic (exact) mass is 623 g/mol. The van der Waals surface area contributed by atoms with Crippen molar-refractivity contribution in [3.05, 3.63) is 0 Å². The van der Waals surface area contributed by atoms with Gasteiger partial charge in [0.1, 0.15) is 6.10 Å². The van der Waals surface area contributed by atoms with Crippen molar-refractivity contribution in [2.45, 2.75) is 181 Å². The van der Waals surface area contributed by atoms with Gasteiger partial charge in [-0.25, -0.2) is 4.79 Å². The number of carbonyl (C=O) groups is 3. The normalized spacial score (nSPS) is 24.6. The van der Waals surface area contributed by atoms with E-state index in [0.717, 1.165) is 76.5 Å². The molecule has 5 unspecified atom stereocenters. The van der Waals surface area contributed by atoms with Crippen LogP contribution in [0.15, 0.2) is 0 Å². The van der Waals surface area contributed by atoms with Crippen LogP contribution in [0, 0.1) is 17.3 Å². The fourth-order valence-electron chi connectivity index (χ4n) is 6.70. The van der Waals surface area contributed by atoms with Crippen molar-refractivity contribution in [3.63, 3.8) is 0 Å². The number of nitrogens with one attached hydrogen (secondary N) is 3. The van der Waals surface area contributed by atoms with E-state index in [4.69, 9.17) is 9.47 Å². The third kappa shape index (κ3) is 14.1. The Labute approximate surface area is 267 Å². The topological polar surface area (TPSA) is 126 Å². The molecule has 0 aromatic rings. The summed E-state index contributed by atoms with van der Waals surface area (Å²) in [6.07, 6.45) is 14.8. The maximum atomic E-state index is 13.6. The molecule has 2 fully saturated rings. The van der Waals surface area contributed by atoms with Crippen molar-refractivity contribution >= 4 is 17.9 Å². The van der Waals surface area contributed by atoms with Crippen LogP contribution in [0.3, 0.4) is 0 Å². The van der Waals surface area contributed by atoms with E-state index in [1.165, 1.54) is 25.7 Å². The zero-order chi connectivity index (χ0) is 32.8. The fraction of sp³-hybridized carbons (Fsp3) is 0.914. The summed E-state index contributed by atoms with van der Waals surface area (Å²) in [4.78, 5) is 39.1. The number of rotatable bonds is 18. The van der Waals surface area contributed by atoms with E-state index in [-0.39, 0.29) is 36.4 Å². The second-order valence-electron chi connectivity index (χ2n) is 15.0. The molecule has 2 aliphatic rings. The van der Waals surface area contributed by atoms with E-state index in [1.807, 2.05) is 13.8 Å². The van der Waals surface area contributed by atoms with Crippen LogP contribution in [0.4, 0.5) is 4.79 Å². The molecule has 1 saturated heterocycles. The molecule has 0 radical (unpaired) electrons. The van der Waals surface area contributed by atoms with E-state index >= 15 is 0 Å². The van der Waals surface area contributed by atoms with Gasteiger partial charge in [0.15, 0.2) is 5.79 Å². The Morgan fingerprint density at radius 3 is 2.14 bits per heavy atom. The van der Waals surface area contributed by atoms with Gasteiger partial charge in [-0.1, -0.05) is 105 Å². The zero-order valence-electron chi connectivity index (χ0n) is 29.0. The standard InChI is InChI=1S/C35H65N3O6/c1-8-9-13-19-26(20-15-11-10-14-18-25(2)3)36-33(42)38-28-22-17-12-16-21-27(28)29(23-30(39)40)37-32(41)31-34(4,5)24-43-35(6,7)44-31/h25-29,31H,8-24H2,1-7H3,(H,37,41)(H,39,40)(H2,36,38,42). The molecule has 2 rings (SSSR count). The van der Waals surface area contributed by atoms with Crippen LogP contribution >= 0.6 is 0 Å². The highest BCUT2D eigenvalue weighted by Gasteiger charge is 2.47. The molecule has 256 valence electrons. The number of ether oxygens (including phenoxy) is 2. The SMILES string of the molecule is CCCCCC(CCCCCCC(C)C)NC(=O)NC1CCCCCC1C(CC(=O)O)NC(=O)C1OC(C)(C)OCC1(C)C. The largest absolute Gasteiger partial charge is 0.481 e. The van der Waals surface area contributed by atoms with Crippen LogP contribution in [0.1, 0.15) is 151 Å². The molecule has 1 aliphatic heterocycles. The number of carboxylic acid groups (broad SMARTS) is 1. The molecule has 44 heavy (non-hydrogen) atoms.